The molecule has 234 valence electrons. The van der Waals surface area contributed by atoms with E-state index in [1.165, 1.54) is 50.5 Å². The van der Waals surface area contributed by atoms with Crippen molar-refractivity contribution in [3.05, 3.63) is 94.7 Å². The number of aromatic nitrogens is 1. The van der Waals surface area contributed by atoms with Gasteiger partial charge in [-0.05, 0) is 58.4 Å². The molecule has 0 saturated carbocycles. The molecule has 4 aromatic rings. The maximum atomic E-state index is 13.7. The van der Waals surface area contributed by atoms with E-state index in [-0.39, 0.29) is 5.97 Å². The molecular formula is C39H50N2O3. The smallest absolute Gasteiger partial charge is 0.340 e. The fraction of sp³-hybridized carbons (Fsp3) is 0.462. The predicted octanol–water partition coefficient (Wildman–Crippen LogP) is 9.80. The number of benzene rings is 3. The molecule has 1 unspecified atom stereocenters. The maximum Gasteiger partial charge on any atom is 0.340 e. The highest BCUT2D eigenvalue weighted by molar-refractivity contribution is 5.99. The summed E-state index contributed by atoms with van der Waals surface area (Å²) < 4.78 is 15.5. The van der Waals surface area contributed by atoms with Crippen LogP contribution < -0.4 is 9.64 Å². The number of esters is 1. The molecule has 3 aromatic carbocycles. The van der Waals surface area contributed by atoms with Crippen molar-refractivity contribution in [2.24, 2.45) is 0 Å². The van der Waals surface area contributed by atoms with Gasteiger partial charge < -0.3 is 18.9 Å². The summed E-state index contributed by atoms with van der Waals surface area (Å²) >= 11 is 0. The SMILES string of the molecule is CCCCCCCCCCn1c(C)c(C2(c3ccc(N(CC)CC)cc3OCC)OC(=O)c3ccccc32)c2ccccc21. The molecule has 5 nitrogen and oxygen atoms in total. The molecule has 0 amide bonds. The Hall–Kier alpha value is -3.73. The number of aryl methyl sites for hydroxylation is 1. The minimum Gasteiger partial charge on any atom is -0.493 e. The first-order chi connectivity index (χ1) is 21.5. The number of anilines is 1. The number of carbonyl (C=O) groups is 1. The van der Waals surface area contributed by atoms with Crippen molar-refractivity contribution in [1.29, 1.82) is 0 Å². The Morgan fingerprint density at radius 3 is 2.20 bits per heavy atom. The van der Waals surface area contributed by atoms with E-state index < -0.39 is 5.60 Å². The Balaban J connectivity index is 1.64. The lowest BCUT2D eigenvalue weighted by atomic mass is 9.78. The minimum absolute atomic E-state index is 0.296. The van der Waals surface area contributed by atoms with E-state index in [0.717, 1.165) is 65.3 Å². The molecule has 44 heavy (non-hydrogen) atoms. The Kier molecular flexibility index (Phi) is 10.3. The highest BCUT2D eigenvalue weighted by Gasteiger charge is 2.52. The van der Waals surface area contributed by atoms with Crippen LogP contribution in [0, 0.1) is 6.92 Å². The lowest BCUT2D eigenvalue weighted by Gasteiger charge is -2.33. The van der Waals surface area contributed by atoms with E-state index in [1.807, 2.05) is 25.1 Å². The van der Waals surface area contributed by atoms with Crippen LogP contribution in [-0.4, -0.2) is 30.2 Å². The van der Waals surface area contributed by atoms with E-state index >= 15 is 0 Å². The largest absolute Gasteiger partial charge is 0.493 e. The molecule has 0 spiro atoms. The van der Waals surface area contributed by atoms with Crippen molar-refractivity contribution in [2.45, 2.75) is 98.1 Å². The van der Waals surface area contributed by atoms with Crippen LogP contribution in [0.2, 0.25) is 0 Å². The Morgan fingerprint density at radius 2 is 1.48 bits per heavy atom. The first-order valence-corrected chi connectivity index (χ1v) is 16.9. The fourth-order valence-electron chi connectivity index (χ4n) is 7.17. The van der Waals surface area contributed by atoms with Gasteiger partial charge in [0.25, 0.3) is 0 Å². The number of fused-ring (bicyclic) bond motifs is 2. The van der Waals surface area contributed by atoms with Gasteiger partial charge in [-0.1, -0.05) is 88.3 Å². The van der Waals surface area contributed by atoms with Gasteiger partial charge in [-0.25, -0.2) is 4.79 Å². The van der Waals surface area contributed by atoms with Gasteiger partial charge >= 0.3 is 5.97 Å². The molecule has 2 heterocycles. The van der Waals surface area contributed by atoms with Crippen molar-refractivity contribution in [1.82, 2.24) is 4.57 Å². The summed E-state index contributed by atoms with van der Waals surface area (Å²) in [4.78, 5) is 16.0. The van der Waals surface area contributed by atoms with E-state index in [2.05, 4.69) is 85.7 Å². The quantitative estimate of drug-likeness (QED) is 0.0957. The summed E-state index contributed by atoms with van der Waals surface area (Å²) in [7, 11) is 0. The second-order valence-electron chi connectivity index (χ2n) is 12.0. The molecule has 5 rings (SSSR count). The number of para-hydroxylation sites is 1. The van der Waals surface area contributed by atoms with Gasteiger partial charge in [-0.2, -0.15) is 0 Å². The Labute approximate surface area is 264 Å². The Morgan fingerprint density at radius 1 is 0.795 bits per heavy atom. The molecule has 0 aliphatic carbocycles. The van der Waals surface area contributed by atoms with E-state index in [0.29, 0.717) is 12.2 Å². The maximum absolute atomic E-state index is 13.7. The van der Waals surface area contributed by atoms with Crippen molar-refractivity contribution in [3.8, 4) is 5.75 Å². The first-order valence-electron chi connectivity index (χ1n) is 16.9. The molecule has 0 radical (unpaired) electrons. The van der Waals surface area contributed by atoms with Crippen LogP contribution in [0.5, 0.6) is 5.75 Å². The number of carbonyl (C=O) groups excluding carboxylic acids is 1. The van der Waals surface area contributed by atoms with Gasteiger partial charge in [0.05, 0.1) is 12.2 Å². The van der Waals surface area contributed by atoms with Gasteiger partial charge in [0.15, 0.2) is 5.60 Å². The van der Waals surface area contributed by atoms with Gasteiger partial charge in [0.2, 0.25) is 0 Å². The summed E-state index contributed by atoms with van der Waals surface area (Å²) in [5.41, 5.74) is 5.67. The number of unbranched alkanes of at least 4 members (excludes halogenated alkanes) is 7. The summed E-state index contributed by atoms with van der Waals surface area (Å²) in [5, 5.41) is 1.12. The van der Waals surface area contributed by atoms with Crippen molar-refractivity contribution in [2.75, 3.05) is 24.6 Å². The predicted molar refractivity (Wildman–Crippen MR) is 182 cm³/mol. The molecule has 0 N–H and O–H groups in total. The van der Waals surface area contributed by atoms with Crippen molar-refractivity contribution >= 4 is 22.6 Å². The summed E-state index contributed by atoms with van der Waals surface area (Å²) in [5.74, 6) is 0.455. The van der Waals surface area contributed by atoms with Crippen LogP contribution >= 0.6 is 0 Å². The molecule has 0 fully saturated rings. The number of cyclic esters (lactones) is 1. The molecule has 1 aliphatic heterocycles. The summed E-state index contributed by atoms with van der Waals surface area (Å²) in [6, 6.07) is 22.9. The van der Waals surface area contributed by atoms with E-state index in [9.17, 15) is 4.79 Å². The summed E-state index contributed by atoms with van der Waals surface area (Å²) in [6.07, 6.45) is 10.3. The molecular weight excluding hydrogens is 544 g/mol. The minimum atomic E-state index is -1.13. The third kappa shape index (κ3) is 5.86. The molecule has 1 atom stereocenters. The molecule has 0 saturated heterocycles. The molecule has 1 aromatic heterocycles. The molecule has 1 aliphatic rings. The molecule has 5 heteroatoms. The second kappa shape index (κ2) is 14.4. The average Bonchev–Trinajstić information content (AvgIpc) is 3.50. The lowest BCUT2D eigenvalue weighted by molar-refractivity contribution is 0.0246. The van der Waals surface area contributed by atoms with Gasteiger partial charge in [0.1, 0.15) is 5.75 Å². The van der Waals surface area contributed by atoms with Crippen molar-refractivity contribution < 1.29 is 14.3 Å². The number of ether oxygens (including phenoxy) is 2. The fourth-order valence-corrected chi connectivity index (χ4v) is 7.17. The topological polar surface area (TPSA) is 43.7 Å². The average molecular weight is 595 g/mol. The van der Waals surface area contributed by atoms with E-state index in [1.54, 1.807) is 0 Å². The van der Waals surface area contributed by atoms with Gasteiger partial charge in [0, 0.05) is 64.7 Å². The first kappa shape index (κ1) is 31.7. The normalized spacial score (nSPS) is 15.9. The van der Waals surface area contributed by atoms with Crippen LogP contribution in [0.25, 0.3) is 10.9 Å². The summed E-state index contributed by atoms with van der Waals surface area (Å²) in [6.45, 7) is 14.1. The van der Waals surface area contributed by atoms with Crippen molar-refractivity contribution in [3.63, 3.8) is 0 Å². The van der Waals surface area contributed by atoms with E-state index in [4.69, 9.17) is 9.47 Å². The highest BCUT2D eigenvalue weighted by Crippen LogP contribution is 2.53. The lowest BCUT2D eigenvalue weighted by Crippen LogP contribution is -2.31. The zero-order valence-electron chi connectivity index (χ0n) is 27.5. The number of nitrogens with zero attached hydrogens (tertiary/aromatic N) is 2. The van der Waals surface area contributed by atoms with Crippen LogP contribution in [0.1, 0.15) is 112 Å². The standard InChI is InChI=1S/C39H50N2O3/c1-6-10-11-12-13-14-15-20-27-41-29(5)37(32-22-17-19-24-35(32)41)39(33-23-18-16-21-31(33)38(42)44-39)34-26-25-30(40(7-2)8-3)28-36(34)43-9-4/h16-19,21-26,28H,6-15,20,27H2,1-5H3. The Bertz CT molecular complexity index is 1570. The van der Waals surface area contributed by atoms with Crippen LogP contribution in [0.3, 0.4) is 0 Å². The van der Waals surface area contributed by atoms with Crippen LogP contribution in [-0.2, 0) is 16.9 Å². The monoisotopic (exact) mass is 594 g/mol. The second-order valence-corrected chi connectivity index (χ2v) is 12.0. The molecule has 0 bridgehead atoms. The zero-order valence-corrected chi connectivity index (χ0v) is 27.5. The third-order valence-electron chi connectivity index (χ3n) is 9.36. The van der Waals surface area contributed by atoms with Gasteiger partial charge in [-0.15, -0.1) is 0 Å². The van der Waals surface area contributed by atoms with Crippen LogP contribution in [0.4, 0.5) is 5.69 Å². The van der Waals surface area contributed by atoms with Gasteiger partial charge in [-0.3, -0.25) is 0 Å². The number of rotatable bonds is 16. The number of hydrogen-bond donors (Lipinski definition) is 0. The van der Waals surface area contributed by atoms with Crippen LogP contribution in [0.15, 0.2) is 66.7 Å². The third-order valence-corrected chi connectivity index (χ3v) is 9.36. The zero-order chi connectivity index (χ0) is 31.1. The highest BCUT2D eigenvalue weighted by atomic mass is 16.6. The number of hydrogen-bond acceptors (Lipinski definition) is 4.